The Kier molecular flexibility index (Phi) is 1.54. The van der Waals surface area contributed by atoms with Gasteiger partial charge in [0.15, 0.2) is 0 Å². The van der Waals surface area contributed by atoms with Crippen molar-refractivity contribution in [2.75, 3.05) is 0 Å². The molecule has 0 heterocycles. The minimum Gasteiger partial charge on any atom is -0.0620 e. The normalized spacial score (nSPS) is 57.2. The monoisotopic (exact) mass is 164 g/mol. The van der Waals surface area contributed by atoms with Gasteiger partial charge in [0, 0.05) is 0 Å². The predicted octanol–water partition coefficient (Wildman–Crippen LogP) is 3.47. The van der Waals surface area contributed by atoms with Gasteiger partial charge in [-0.15, -0.1) is 0 Å². The Morgan fingerprint density at radius 1 is 0.750 bits per heavy atom. The van der Waals surface area contributed by atoms with E-state index in [-0.39, 0.29) is 0 Å². The van der Waals surface area contributed by atoms with Gasteiger partial charge >= 0.3 is 0 Å². The van der Waals surface area contributed by atoms with Gasteiger partial charge in [-0.2, -0.15) is 0 Å². The standard InChI is InChI=1S/C12H20/c1-8-11-3-2-9-4-10(6-11)7-12(8)5-9/h8-12H,2-7H2,1H3. The molecule has 4 aliphatic carbocycles. The van der Waals surface area contributed by atoms with Gasteiger partial charge < -0.3 is 0 Å². The first kappa shape index (κ1) is 7.41. The van der Waals surface area contributed by atoms with Crippen LogP contribution in [0.3, 0.4) is 0 Å². The third-order valence-electron chi connectivity index (χ3n) is 5.01. The van der Waals surface area contributed by atoms with Crippen LogP contribution in [0.5, 0.6) is 0 Å². The molecule has 4 rings (SSSR count). The lowest BCUT2D eigenvalue weighted by molar-refractivity contribution is 0.0768. The quantitative estimate of drug-likeness (QED) is 0.514. The van der Waals surface area contributed by atoms with Gasteiger partial charge in [-0.1, -0.05) is 13.3 Å². The van der Waals surface area contributed by atoms with Crippen molar-refractivity contribution in [3.8, 4) is 0 Å². The van der Waals surface area contributed by atoms with Gasteiger partial charge in [0.1, 0.15) is 0 Å². The summed E-state index contributed by atoms with van der Waals surface area (Å²) >= 11 is 0. The molecule has 4 bridgehead atoms. The molecule has 0 aliphatic heterocycles. The van der Waals surface area contributed by atoms with E-state index in [4.69, 9.17) is 0 Å². The molecule has 4 saturated carbocycles. The van der Waals surface area contributed by atoms with Gasteiger partial charge in [-0.3, -0.25) is 0 Å². The van der Waals surface area contributed by atoms with E-state index in [1.165, 1.54) is 0 Å². The minimum absolute atomic E-state index is 1.08. The van der Waals surface area contributed by atoms with E-state index < -0.39 is 0 Å². The zero-order valence-corrected chi connectivity index (χ0v) is 8.13. The van der Waals surface area contributed by atoms with Gasteiger partial charge in [0.2, 0.25) is 0 Å². The maximum absolute atomic E-state index is 2.53. The maximum Gasteiger partial charge on any atom is -0.0381 e. The molecular formula is C12H20. The Bertz CT molecular complexity index is 176. The Balaban J connectivity index is 1.92. The summed E-state index contributed by atoms with van der Waals surface area (Å²) < 4.78 is 0. The summed E-state index contributed by atoms with van der Waals surface area (Å²) in [7, 11) is 0. The van der Waals surface area contributed by atoms with Crippen molar-refractivity contribution < 1.29 is 0 Å². The summed E-state index contributed by atoms with van der Waals surface area (Å²) in [5.74, 6) is 5.63. The molecule has 0 aromatic rings. The summed E-state index contributed by atoms with van der Waals surface area (Å²) in [5, 5.41) is 0. The number of hydrogen-bond donors (Lipinski definition) is 0. The highest BCUT2D eigenvalue weighted by molar-refractivity contribution is 4.93. The van der Waals surface area contributed by atoms with Crippen LogP contribution in [-0.4, -0.2) is 0 Å². The van der Waals surface area contributed by atoms with Crippen molar-refractivity contribution in [1.29, 1.82) is 0 Å². The second-order valence-electron chi connectivity index (χ2n) is 5.63. The summed E-state index contributed by atoms with van der Waals surface area (Å²) in [4.78, 5) is 0. The molecule has 0 aromatic heterocycles. The Labute approximate surface area is 75.7 Å². The highest BCUT2D eigenvalue weighted by Gasteiger charge is 2.43. The van der Waals surface area contributed by atoms with Crippen molar-refractivity contribution in [2.45, 2.75) is 45.4 Å². The molecule has 0 aromatic carbocycles. The summed E-state index contributed by atoms with van der Waals surface area (Å²) in [6.45, 7) is 2.53. The molecule has 0 amide bonds. The number of fused-ring (bicyclic) bond motifs is 1. The summed E-state index contributed by atoms with van der Waals surface area (Å²) in [5.41, 5.74) is 0. The maximum atomic E-state index is 2.53. The highest BCUT2D eigenvalue weighted by Crippen LogP contribution is 2.53. The largest absolute Gasteiger partial charge is 0.0620 e. The first-order chi connectivity index (χ1) is 5.83. The van der Waals surface area contributed by atoms with Gasteiger partial charge in [-0.25, -0.2) is 0 Å². The van der Waals surface area contributed by atoms with Crippen LogP contribution in [0.25, 0.3) is 0 Å². The topological polar surface area (TPSA) is 0 Å². The second-order valence-corrected chi connectivity index (χ2v) is 5.63. The van der Waals surface area contributed by atoms with E-state index in [0.717, 1.165) is 29.6 Å². The lowest BCUT2D eigenvalue weighted by Crippen LogP contribution is -2.33. The fourth-order valence-electron chi connectivity index (χ4n) is 4.33. The Hall–Kier alpha value is 0. The molecule has 12 heavy (non-hydrogen) atoms. The third kappa shape index (κ3) is 0.963. The van der Waals surface area contributed by atoms with Crippen LogP contribution in [-0.2, 0) is 0 Å². The van der Waals surface area contributed by atoms with Crippen LogP contribution in [0, 0.1) is 29.6 Å². The van der Waals surface area contributed by atoms with Crippen LogP contribution in [0.15, 0.2) is 0 Å². The first-order valence-corrected chi connectivity index (χ1v) is 5.83. The SMILES string of the molecule is CC1C2CCC3CC(C2)CC1C3. The molecule has 0 heteroatoms. The van der Waals surface area contributed by atoms with Crippen LogP contribution in [0.2, 0.25) is 0 Å². The first-order valence-electron chi connectivity index (χ1n) is 5.83. The van der Waals surface area contributed by atoms with Crippen LogP contribution in [0.1, 0.15) is 45.4 Å². The molecule has 0 spiro atoms. The van der Waals surface area contributed by atoms with Gasteiger partial charge in [0.25, 0.3) is 0 Å². The fourth-order valence-corrected chi connectivity index (χ4v) is 4.33. The molecule has 0 radical (unpaired) electrons. The van der Waals surface area contributed by atoms with E-state index in [0.29, 0.717) is 0 Å². The molecule has 0 saturated heterocycles. The van der Waals surface area contributed by atoms with Crippen molar-refractivity contribution in [3.63, 3.8) is 0 Å². The Morgan fingerprint density at radius 3 is 2.42 bits per heavy atom. The summed E-state index contributed by atoms with van der Waals surface area (Å²) in [6, 6.07) is 0. The number of hydrogen-bond acceptors (Lipinski definition) is 0. The van der Waals surface area contributed by atoms with Crippen molar-refractivity contribution in [2.24, 2.45) is 29.6 Å². The second kappa shape index (κ2) is 2.49. The molecular weight excluding hydrogens is 144 g/mol. The summed E-state index contributed by atoms with van der Waals surface area (Å²) in [6.07, 6.45) is 9.51. The third-order valence-corrected chi connectivity index (χ3v) is 5.01. The smallest absolute Gasteiger partial charge is 0.0381 e. The number of rotatable bonds is 0. The van der Waals surface area contributed by atoms with E-state index >= 15 is 0 Å². The average molecular weight is 164 g/mol. The zero-order valence-electron chi connectivity index (χ0n) is 8.13. The van der Waals surface area contributed by atoms with E-state index in [2.05, 4.69) is 6.92 Å². The average Bonchev–Trinajstić information content (AvgIpc) is 2.27. The minimum atomic E-state index is 1.08. The fraction of sp³-hybridized carbons (Fsp3) is 1.00. The Morgan fingerprint density at radius 2 is 1.50 bits per heavy atom. The van der Waals surface area contributed by atoms with Crippen molar-refractivity contribution in [3.05, 3.63) is 0 Å². The molecule has 5 unspecified atom stereocenters. The molecule has 0 N–H and O–H groups in total. The van der Waals surface area contributed by atoms with Crippen molar-refractivity contribution in [1.82, 2.24) is 0 Å². The molecule has 5 atom stereocenters. The highest BCUT2D eigenvalue weighted by atomic mass is 14.5. The molecule has 0 nitrogen and oxygen atoms in total. The van der Waals surface area contributed by atoms with Crippen molar-refractivity contribution >= 4 is 0 Å². The molecule has 4 fully saturated rings. The lowest BCUT2D eigenvalue weighted by Gasteiger charge is -2.42. The van der Waals surface area contributed by atoms with Crippen LogP contribution >= 0.6 is 0 Å². The van der Waals surface area contributed by atoms with Gasteiger partial charge in [0.05, 0.1) is 0 Å². The van der Waals surface area contributed by atoms with E-state index in [1.54, 1.807) is 38.5 Å². The predicted molar refractivity (Wildman–Crippen MR) is 50.8 cm³/mol. The molecule has 4 aliphatic rings. The van der Waals surface area contributed by atoms with E-state index in [9.17, 15) is 0 Å². The zero-order chi connectivity index (χ0) is 8.13. The van der Waals surface area contributed by atoms with Crippen LogP contribution < -0.4 is 0 Å². The van der Waals surface area contributed by atoms with Crippen LogP contribution in [0.4, 0.5) is 0 Å². The van der Waals surface area contributed by atoms with Gasteiger partial charge in [-0.05, 0) is 61.7 Å². The van der Waals surface area contributed by atoms with E-state index in [1.807, 2.05) is 0 Å². The lowest BCUT2D eigenvalue weighted by atomic mass is 9.63. The molecule has 68 valence electrons.